The summed E-state index contributed by atoms with van der Waals surface area (Å²) in [5, 5.41) is 13.7. The Morgan fingerprint density at radius 3 is 2.69 bits per heavy atom. The van der Waals surface area contributed by atoms with E-state index in [4.69, 9.17) is 4.74 Å². The van der Waals surface area contributed by atoms with E-state index in [1.807, 2.05) is 17.5 Å². The minimum atomic E-state index is -3.86. The Balaban J connectivity index is 1.59. The average molecular weight is 434 g/mol. The molecule has 3 rings (SSSR count). The van der Waals surface area contributed by atoms with E-state index in [9.17, 15) is 18.5 Å². The molecule has 0 aliphatic rings. The number of pyridine rings is 1. The summed E-state index contributed by atoms with van der Waals surface area (Å²) < 4.78 is 32.5. The Kier molecular flexibility index (Phi) is 6.52. The molecule has 1 aromatic carbocycles. The number of aromatic nitrogens is 2. The first kappa shape index (κ1) is 20.8. The third-order valence-electron chi connectivity index (χ3n) is 4.03. The molecule has 3 aromatic rings. The molecule has 0 unspecified atom stereocenters. The van der Waals surface area contributed by atoms with E-state index in [1.54, 1.807) is 12.4 Å². The molecule has 9 nitrogen and oxygen atoms in total. The standard InChI is InChI=1S/C18H18N4O5S2/c1-27-16-11-14(22(23)24)4-5-17(16)29(25,26)20-8-2-3-18-21-15(12-28-18)13-6-9-19-10-7-13/h4-7,9-12,20H,2-3,8H2,1H3. The quantitative estimate of drug-likeness (QED) is 0.312. The van der Waals surface area contributed by atoms with Crippen LogP contribution in [0.5, 0.6) is 5.75 Å². The molecule has 11 heteroatoms. The molecule has 1 N–H and O–H groups in total. The highest BCUT2D eigenvalue weighted by atomic mass is 32.2. The highest BCUT2D eigenvalue weighted by Crippen LogP contribution is 2.28. The predicted octanol–water partition coefficient (Wildman–Crippen LogP) is 3.03. The maximum Gasteiger partial charge on any atom is 0.273 e. The minimum absolute atomic E-state index is 0.0754. The molecule has 29 heavy (non-hydrogen) atoms. The second-order valence-electron chi connectivity index (χ2n) is 5.96. The van der Waals surface area contributed by atoms with E-state index >= 15 is 0 Å². The summed E-state index contributed by atoms with van der Waals surface area (Å²) in [7, 11) is -2.59. The number of methoxy groups -OCH3 is 1. The van der Waals surface area contributed by atoms with Crippen LogP contribution in [0.15, 0.2) is 53.0 Å². The molecule has 0 radical (unpaired) electrons. The summed E-state index contributed by atoms with van der Waals surface area (Å²) in [6.45, 7) is 0.201. The molecule has 0 atom stereocenters. The second-order valence-corrected chi connectivity index (χ2v) is 8.63. The van der Waals surface area contributed by atoms with Gasteiger partial charge in [-0.15, -0.1) is 11.3 Å². The molecule has 0 aliphatic heterocycles. The van der Waals surface area contributed by atoms with E-state index in [0.717, 1.165) is 28.4 Å². The van der Waals surface area contributed by atoms with Crippen LogP contribution in [0.3, 0.4) is 0 Å². The zero-order chi connectivity index (χ0) is 20.9. The van der Waals surface area contributed by atoms with E-state index in [2.05, 4.69) is 14.7 Å². The third-order valence-corrected chi connectivity index (χ3v) is 6.44. The van der Waals surface area contributed by atoms with Crippen LogP contribution in [-0.4, -0.2) is 37.0 Å². The first-order chi connectivity index (χ1) is 13.9. The summed E-state index contributed by atoms with van der Waals surface area (Å²) in [5.74, 6) is -0.0754. The van der Waals surface area contributed by atoms with Gasteiger partial charge in [0.05, 0.1) is 28.8 Å². The van der Waals surface area contributed by atoms with E-state index < -0.39 is 14.9 Å². The van der Waals surface area contributed by atoms with Crippen LogP contribution < -0.4 is 9.46 Å². The number of hydrogen-bond donors (Lipinski definition) is 1. The van der Waals surface area contributed by atoms with Gasteiger partial charge < -0.3 is 4.74 Å². The number of nitrogens with one attached hydrogen (secondary N) is 1. The monoisotopic (exact) mass is 434 g/mol. The van der Waals surface area contributed by atoms with Gasteiger partial charge in [-0.1, -0.05) is 0 Å². The van der Waals surface area contributed by atoms with Crippen molar-refractivity contribution >= 4 is 27.0 Å². The number of nitro benzene ring substituents is 1. The van der Waals surface area contributed by atoms with Crippen molar-refractivity contribution in [2.24, 2.45) is 0 Å². The number of benzene rings is 1. The van der Waals surface area contributed by atoms with Gasteiger partial charge in [0.1, 0.15) is 10.6 Å². The van der Waals surface area contributed by atoms with Crippen molar-refractivity contribution in [1.82, 2.24) is 14.7 Å². The molecule has 152 valence electrons. The average Bonchev–Trinajstić information content (AvgIpc) is 3.20. The molecular weight excluding hydrogens is 416 g/mol. The normalized spacial score (nSPS) is 11.3. The van der Waals surface area contributed by atoms with Crippen LogP contribution in [0.2, 0.25) is 0 Å². The number of nitro groups is 1. The van der Waals surface area contributed by atoms with Crippen LogP contribution in [0.25, 0.3) is 11.3 Å². The van der Waals surface area contributed by atoms with E-state index in [0.29, 0.717) is 12.8 Å². The van der Waals surface area contributed by atoms with Crippen LogP contribution in [0.1, 0.15) is 11.4 Å². The van der Waals surface area contributed by atoms with Gasteiger partial charge in [-0.2, -0.15) is 0 Å². The highest BCUT2D eigenvalue weighted by Gasteiger charge is 2.21. The van der Waals surface area contributed by atoms with Crippen LogP contribution in [-0.2, 0) is 16.4 Å². The van der Waals surface area contributed by atoms with Crippen molar-refractivity contribution in [1.29, 1.82) is 0 Å². The molecular formula is C18H18N4O5S2. The molecule has 2 aromatic heterocycles. The third kappa shape index (κ3) is 5.13. The topological polar surface area (TPSA) is 124 Å². The lowest BCUT2D eigenvalue weighted by Gasteiger charge is -2.10. The van der Waals surface area contributed by atoms with Gasteiger partial charge in [0, 0.05) is 42.4 Å². The summed E-state index contributed by atoms with van der Waals surface area (Å²) in [6, 6.07) is 7.15. The second kappa shape index (κ2) is 9.07. The number of thiazole rings is 1. The van der Waals surface area contributed by atoms with Gasteiger partial charge in [-0.3, -0.25) is 15.1 Å². The number of ether oxygens (including phenoxy) is 1. The first-order valence-corrected chi connectivity index (χ1v) is 10.9. The van der Waals surface area contributed by atoms with Gasteiger partial charge in [-0.05, 0) is 24.6 Å². The lowest BCUT2D eigenvalue weighted by molar-refractivity contribution is -0.385. The highest BCUT2D eigenvalue weighted by molar-refractivity contribution is 7.89. The molecule has 0 amide bonds. The number of non-ortho nitro benzene ring substituents is 1. The summed E-state index contributed by atoms with van der Waals surface area (Å²) in [5.41, 5.74) is 1.60. The zero-order valence-electron chi connectivity index (χ0n) is 15.4. The minimum Gasteiger partial charge on any atom is -0.495 e. The van der Waals surface area contributed by atoms with Gasteiger partial charge in [0.2, 0.25) is 10.0 Å². The Labute approximate surface area is 171 Å². The summed E-state index contributed by atoms with van der Waals surface area (Å²) >= 11 is 1.52. The van der Waals surface area contributed by atoms with Crippen molar-refractivity contribution in [3.05, 3.63) is 63.2 Å². The van der Waals surface area contributed by atoms with Crippen molar-refractivity contribution < 1.29 is 18.1 Å². The lowest BCUT2D eigenvalue weighted by Crippen LogP contribution is -2.25. The molecule has 0 fully saturated rings. The summed E-state index contributed by atoms with van der Waals surface area (Å²) in [6.07, 6.45) is 4.58. The Morgan fingerprint density at radius 1 is 1.24 bits per heavy atom. The van der Waals surface area contributed by atoms with Crippen LogP contribution in [0, 0.1) is 10.1 Å². The fourth-order valence-corrected chi connectivity index (χ4v) is 4.67. The van der Waals surface area contributed by atoms with Crippen LogP contribution >= 0.6 is 11.3 Å². The SMILES string of the molecule is COc1cc([N+](=O)[O-])ccc1S(=O)(=O)NCCCc1nc(-c2ccncc2)cs1. The number of aryl methyl sites for hydroxylation is 1. The molecule has 0 bridgehead atoms. The fourth-order valence-electron chi connectivity index (χ4n) is 2.60. The number of rotatable bonds is 9. The van der Waals surface area contributed by atoms with Crippen LogP contribution in [0.4, 0.5) is 5.69 Å². The van der Waals surface area contributed by atoms with Gasteiger partial charge in [-0.25, -0.2) is 18.1 Å². The Morgan fingerprint density at radius 2 is 2.00 bits per heavy atom. The van der Waals surface area contributed by atoms with Crippen molar-refractivity contribution in [2.75, 3.05) is 13.7 Å². The molecule has 0 saturated carbocycles. The molecule has 2 heterocycles. The molecule has 0 saturated heterocycles. The zero-order valence-corrected chi connectivity index (χ0v) is 17.1. The maximum atomic E-state index is 12.5. The molecule has 0 spiro atoms. The van der Waals surface area contributed by atoms with Gasteiger partial charge >= 0.3 is 0 Å². The summed E-state index contributed by atoms with van der Waals surface area (Å²) in [4.78, 5) is 18.6. The number of nitrogens with zero attached hydrogens (tertiary/aromatic N) is 3. The lowest BCUT2D eigenvalue weighted by atomic mass is 10.2. The van der Waals surface area contributed by atoms with Gasteiger partial charge in [0.25, 0.3) is 5.69 Å². The number of sulfonamides is 1. The van der Waals surface area contributed by atoms with Crippen molar-refractivity contribution in [2.45, 2.75) is 17.7 Å². The van der Waals surface area contributed by atoms with E-state index in [-0.39, 0.29) is 22.9 Å². The first-order valence-electron chi connectivity index (χ1n) is 8.57. The smallest absolute Gasteiger partial charge is 0.273 e. The molecule has 0 aliphatic carbocycles. The van der Waals surface area contributed by atoms with Crippen molar-refractivity contribution in [3.63, 3.8) is 0 Å². The van der Waals surface area contributed by atoms with E-state index in [1.165, 1.54) is 24.5 Å². The van der Waals surface area contributed by atoms with Crippen molar-refractivity contribution in [3.8, 4) is 17.0 Å². The Bertz CT molecular complexity index is 1100. The fraction of sp³-hybridized carbons (Fsp3) is 0.222. The Hall–Kier alpha value is -2.89. The van der Waals surface area contributed by atoms with Gasteiger partial charge in [0.15, 0.2) is 0 Å². The maximum absolute atomic E-state index is 12.5. The largest absolute Gasteiger partial charge is 0.495 e. The predicted molar refractivity (Wildman–Crippen MR) is 109 cm³/mol. The number of hydrogen-bond acceptors (Lipinski definition) is 8.